The van der Waals surface area contributed by atoms with E-state index in [4.69, 9.17) is 4.74 Å². The summed E-state index contributed by atoms with van der Waals surface area (Å²) in [5.74, 6) is 0.832. The highest BCUT2D eigenvalue weighted by Gasteiger charge is 2.27. The van der Waals surface area contributed by atoms with Crippen molar-refractivity contribution in [2.75, 3.05) is 19.7 Å². The number of hydrogen-bond donors (Lipinski definition) is 0. The number of ether oxygens (including phenoxy) is 1. The maximum Gasteiger partial charge on any atom is 0.274 e. The largest absolute Gasteiger partial charge is 0.476 e. The van der Waals surface area contributed by atoms with Gasteiger partial charge in [0.1, 0.15) is 6.61 Å². The van der Waals surface area contributed by atoms with Gasteiger partial charge in [0.25, 0.3) is 5.91 Å². The zero-order valence-corrected chi connectivity index (χ0v) is 10.1. The number of rotatable bonds is 1. The molecule has 0 spiro atoms. The second-order valence-corrected chi connectivity index (χ2v) is 4.70. The molecule has 1 aromatic heterocycles. The average Bonchev–Trinajstić information content (AvgIpc) is 2.93. The van der Waals surface area contributed by atoms with Crippen LogP contribution in [0, 0.1) is 6.92 Å². The Bertz CT molecular complexity index is 447. The molecule has 2 aliphatic heterocycles. The highest BCUT2D eigenvalue weighted by atomic mass is 16.5. The van der Waals surface area contributed by atoms with Crippen molar-refractivity contribution in [3.05, 3.63) is 11.3 Å². The number of likely N-dealkylation sites (tertiary alicyclic amines) is 1. The maximum atomic E-state index is 12.3. The van der Waals surface area contributed by atoms with E-state index in [1.807, 2.05) is 11.8 Å². The van der Waals surface area contributed by atoms with Gasteiger partial charge in [-0.3, -0.25) is 4.79 Å². The van der Waals surface area contributed by atoms with Crippen molar-refractivity contribution in [3.63, 3.8) is 0 Å². The van der Waals surface area contributed by atoms with Gasteiger partial charge in [0, 0.05) is 18.7 Å². The fourth-order valence-electron chi connectivity index (χ4n) is 2.55. The average molecular weight is 235 g/mol. The van der Waals surface area contributed by atoms with Crippen LogP contribution in [0.5, 0.6) is 5.88 Å². The third-order valence-corrected chi connectivity index (χ3v) is 3.52. The molecule has 3 heterocycles. The molecule has 2 aliphatic rings. The Morgan fingerprint density at radius 2 is 2.00 bits per heavy atom. The molecule has 1 amide bonds. The van der Waals surface area contributed by atoms with E-state index < -0.39 is 0 Å². The molecule has 0 atom stereocenters. The molecule has 5 nitrogen and oxygen atoms in total. The topological polar surface area (TPSA) is 47.4 Å². The molecule has 1 fully saturated rings. The number of aromatic nitrogens is 2. The number of fused-ring (bicyclic) bond motifs is 1. The summed E-state index contributed by atoms with van der Waals surface area (Å²) in [7, 11) is 0. The lowest BCUT2D eigenvalue weighted by Gasteiger charge is -2.26. The molecule has 0 aliphatic carbocycles. The smallest absolute Gasteiger partial charge is 0.274 e. The number of amides is 1. The van der Waals surface area contributed by atoms with Gasteiger partial charge in [0.2, 0.25) is 5.88 Å². The third-order valence-electron chi connectivity index (χ3n) is 3.52. The fourth-order valence-corrected chi connectivity index (χ4v) is 2.55. The second-order valence-electron chi connectivity index (χ2n) is 4.70. The van der Waals surface area contributed by atoms with Crippen molar-refractivity contribution in [1.29, 1.82) is 0 Å². The first-order valence-corrected chi connectivity index (χ1v) is 6.27. The van der Waals surface area contributed by atoms with Gasteiger partial charge < -0.3 is 9.64 Å². The quantitative estimate of drug-likeness (QED) is 0.735. The van der Waals surface area contributed by atoms with E-state index >= 15 is 0 Å². The van der Waals surface area contributed by atoms with Gasteiger partial charge in [-0.05, 0) is 26.2 Å². The monoisotopic (exact) mass is 235 g/mol. The normalized spacial score (nSPS) is 19.0. The van der Waals surface area contributed by atoms with Gasteiger partial charge in [-0.25, -0.2) is 4.68 Å². The lowest BCUT2D eigenvalue weighted by molar-refractivity contribution is 0.0716. The van der Waals surface area contributed by atoms with Gasteiger partial charge in [0.05, 0.1) is 6.54 Å². The van der Waals surface area contributed by atoms with Crippen LogP contribution < -0.4 is 4.74 Å². The van der Waals surface area contributed by atoms with E-state index in [0.717, 1.165) is 43.9 Å². The van der Waals surface area contributed by atoms with Crippen molar-refractivity contribution >= 4 is 5.91 Å². The lowest BCUT2D eigenvalue weighted by atomic mass is 10.1. The number of piperidine rings is 1. The summed E-state index contributed by atoms with van der Waals surface area (Å²) in [6.07, 6.45) is 3.44. The van der Waals surface area contributed by atoms with Crippen LogP contribution in [0.15, 0.2) is 0 Å². The molecule has 92 valence electrons. The number of carbonyl (C=O) groups is 1. The molecule has 3 rings (SSSR count). The van der Waals surface area contributed by atoms with E-state index in [9.17, 15) is 4.79 Å². The van der Waals surface area contributed by atoms with Crippen molar-refractivity contribution in [2.24, 2.45) is 0 Å². The van der Waals surface area contributed by atoms with Crippen LogP contribution in [-0.2, 0) is 6.54 Å². The Kier molecular flexibility index (Phi) is 2.53. The lowest BCUT2D eigenvalue weighted by Crippen LogP contribution is -2.36. The first kappa shape index (κ1) is 10.6. The van der Waals surface area contributed by atoms with Crippen LogP contribution in [0.3, 0.4) is 0 Å². The van der Waals surface area contributed by atoms with Gasteiger partial charge in [0.15, 0.2) is 5.69 Å². The van der Waals surface area contributed by atoms with Crippen molar-refractivity contribution in [2.45, 2.75) is 32.7 Å². The molecule has 0 radical (unpaired) electrons. The Morgan fingerprint density at radius 1 is 1.24 bits per heavy atom. The van der Waals surface area contributed by atoms with Gasteiger partial charge in [-0.15, -0.1) is 0 Å². The molecule has 1 aromatic rings. The molecule has 0 bridgehead atoms. The SMILES string of the molecule is Cc1c(C(=O)N2CCCCC2)nn2c1OCC2. The highest BCUT2D eigenvalue weighted by Crippen LogP contribution is 2.26. The third kappa shape index (κ3) is 1.69. The Balaban J connectivity index is 1.86. The summed E-state index contributed by atoms with van der Waals surface area (Å²) in [6, 6.07) is 0. The summed E-state index contributed by atoms with van der Waals surface area (Å²) in [5, 5.41) is 4.37. The van der Waals surface area contributed by atoms with Gasteiger partial charge >= 0.3 is 0 Å². The first-order chi connectivity index (χ1) is 8.27. The van der Waals surface area contributed by atoms with Gasteiger partial charge in [-0.1, -0.05) is 0 Å². The number of carbonyl (C=O) groups excluding carboxylic acids is 1. The van der Waals surface area contributed by atoms with Crippen LogP contribution >= 0.6 is 0 Å². The Morgan fingerprint density at radius 3 is 2.71 bits per heavy atom. The Hall–Kier alpha value is -1.52. The molecule has 0 saturated carbocycles. The summed E-state index contributed by atoms with van der Waals surface area (Å²) in [6.45, 7) is 5.06. The number of nitrogens with zero attached hydrogens (tertiary/aromatic N) is 3. The highest BCUT2D eigenvalue weighted by molar-refractivity contribution is 5.94. The fraction of sp³-hybridized carbons (Fsp3) is 0.667. The summed E-state index contributed by atoms with van der Waals surface area (Å²) < 4.78 is 7.28. The van der Waals surface area contributed by atoms with E-state index in [2.05, 4.69) is 5.10 Å². The van der Waals surface area contributed by atoms with E-state index in [-0.39, 0.29) is 5.91 Å². The minimum Gasteiger partial charge on any atom is -0.476 e. The zero-order chi connectivity index (χ0) is 11.8. The predicted octanol–water partition coefficient (Wildman–Crippen LogP) is 1.21. The minimum atomic E-state index is 0.0627. The van der Waals surface area contributed by atoms with Crippen LogP contribution in [0.25, 0.3) is 0 Å². The van der Waals surface area contributed by atoms with E-state index in [0.29, 0.717) is 12.3 Å². The summed E-state index contributed by atoms with van der Waals surface area (Å²) in [5.41, 5.74) is 1.46. The van der Waals surface area contributed by atoms with Crippen LogP contribution in [0.2, 0.25) is 0 Å². The standard InChI is InChI=1S/C12H17N3O2/c1-9-10(13-15-7-8-17-12(9)15)11(16)14-5-3-2-4-6-14/h2-8H2,1H3. The van der Waals surface area contributed by atoms with Crippen LogP contribution in [0.1, 0.15) is 35.3 Å². The van der Waals surface area contributed by atoms with E-state index in [1.54, 1.807) is 4.68 Å². The summed E-state index contributed by atoms with van der Waals surface area (Å²) >= 11 is 0. The molecular formula is C12H17N3O2. The minimum absolute atomic E-state index is 0.0627. The first-order valence-electron chi connectivity index (χ1n) is 6.27. The van der Waals surface area contributed by atoms with E-state index in [1.165, 1.54) is 6.42 Å². The molecule has 0 N–H and O–H groups in total. The maximum absolute atomic E-state index is 12.3. The van der Waals surface area contributed by atoms with Crippen molar-refractivity contribution in [3.8, 4) is 5.88 Å². The number of hydrogen-bond acceptors (Lipinski definition) is 3. The molecule has 0 unspecified atom stereocenters. The molecule has 0 aromatic carbocycles. The molecule has 1 saturated heterocycles. The van der Waals surface area contributed by atoms with Crippen molar-refractivity contribution in [1.82, 2.24) is 14.7 Å². The summed E-state index contributed by atoms with van der Waals surface area (Å²) in [4.78, 5) is 14.2. The van der Waals surface area contributed by atoms with Crippen LogP contribution in [-0.4, -0.2) is 40.3 Å². The molecular weight excluding hydrogens is 218 g/mol. The Labute approximate surface area is 100 Å². The second kappa shape index (κ2) is 4.05. The predicted molar refractivity (Wildman–Crippen MR) is 62.2 cm³/mol. The zero-order valence-electron chi connectivity index (χ0n) is 10.1. The van der Waals surface area contributed by atoms with Crippen LogP contribution in [0.4, 0.5) is 0 Å². The molecule has 17 heavy (non-hydrogen) atoms. The van der Waals surface area contributed by atoms with Crippen molar-refractivity contribution < 1.29 is 9.53 Å². The molecule has 5 heteroatoms. The van der Waals surface area contributed by atoms with Gasteiger partial charge in [-0.2, -0.15) is 5.10 Å².